The molecule has 5 aromatic rings. The van der Waals surface area contributed by atoms with Gasteiger partial charge in [0.25, 0.3) is 0 Å². The van der Waals surface area contributed by atoms with Crippen molar-refractivity contribution in [3.8, 4) is 5.69 Å². The molecular formula is C29H27N7. The Morgan fingerprint density at radius 3 is 2.67 bits per heavy atom. The third-order valence-corrected chi connectivity index (χ3v) is 7.78. The van der Waals surface area contributed by atoms with Crippen LogP contribution in [-0.2, 0) is 12.8 Å². The number of aromatic amines is 1. The van der Waals surface area contributed by atoms with Gasteiger partial charge in [0.05, 0.1) is 5.69 Å². The van der Waals surface area contributed by atoms with Gasteiger partial charge in [-0.1, -0.05) is 30.3 Å². The van der Waals surface area contributed by atoms with E-state index in [1.165, 1.54) is 57.5 Å². The minimum Gasteiger partial charge on any atom is -0.280 e. The Labute approximate surface area is 209 Å². The highest BCUT2D eigenvalue weighted by Crippen LogP contribution is 2.44. The van der Waals surface area contributed by atoms with Gasteiger partial charge in [0.1, 0.15) is 11.3 Å². The van der Waals surface area contributed by atoms with Crippen LogP contribution < -0.4 is 0 Å². The maximum atomic E-state index is 5.10. The molecule has 2 aliphatic carbocycles. The van der Waals surface area contributed by atoms with E-state index in [2.05, 4.69) is 88.4 Å². The number of tetrazole rings is 1. The fraction of sp³-hybridized carbons (Fsp3) is 0.276. The first kappa shape index (κ1) is 21.2. The van der Waals surface area contributed by atoms with Gasteiger partial charge in [0.2, 0.25) is 5.82 Å². The van der Waals surface area contributed by atoms with Gasteiger partial charge >= 0.3 is 0 Å². The molecule has 0 aliphatic heterocycles. The zero-order valence-corrected chi connectivity index (χ0v) is 20.7. The Balaban J connectivity index is 1.50. The number of aromatic nitrogens is 7. The molecule has 2 aromatic carbocycles. The summed E-state index contributed by atoms with van der Waals surface area (Å²) in [5.41, 5.74) is 13.0. The van der Waals surface area contributed by atoms with E-state index in [4.69, 9.17) is 9.97 Å². The second-order valence-electron chi connectivity index (χ2n) is 10.0. The van der Waals surface area contributed by atoms with Crippen molar-refractivity contribution in [1.82, 2.24) is 35.2 Å². The van der Waals surface area contributed by atoms with Crippen LogP contribution in [-0.4, -0.2) is 35.2 Å². The number of fused-ring (bicyclic) bond motifs is 3. The van der Waals surface area contributed by atoms with Crippen LogP contribution in [0.3, 0.4) is 0 Å². The average molecular weight is 474 g/mol. The summed E-state index contributed by atoms with van der Waals surface area (Å²) in [5.74, 6) is 2.29. The minimum atomic E-state index is 0.511. The first-order valence-corrected chi connectivity index (χ1v) is 12.6. The molecule has 7 nitrogen and oxygen atoms in total. The molecule has 178 valence electrons. The molecule has 7 rings (SSSR count). The second-order valence-corrected chi connectivity index (χ2v) is 10.0. The van der Waals surface area contributed by atoms with Crippen LogP contribution >= 0.6 is 0 Å². The van der Waals surface area contributed by atoms with Crippen LogP contribution in [0.5, 0.6) is 0 Å². The van der Waals surface area contributed by atoms with Crippen molar-refractivity contribution in [2.45, 2.75) is 52.4 Å². The highest BCUT2D eigenvalue weighted by atomic mass is 15.5. The maximum absolute atomic E-state index is 5.10. The number of aryl methyl sites for hydroxylation is 2. The van der Waals surface area contributed by atoms with E-state index in [1.54, 1.807) is 0 Å². The third-order valence-electron chi connectivity index (χ3n) is 7.78. The van der Waals surface area contributed by atoms with E-state index in [0.717, 1.165) is 35.4 Å². The van der Waals surface area contributed by atoms with E-state index >= 15 is 0 Å². The van der Waals surface area contributed by atoms with Gasteiger partial charge in [-0.2, -0.15) is 5.21 Å². The predicted molar refractivity (Wildman–Crippen MR) is 140 cm³/mol. The topological polar surface area (TPSA) is 85.2 Å². The van der Waals surface area contributed by atoms with E-state index < -0.39 is 0 Å². The van der Waals surface area contributed by atoms with Gasteiger partial charge in [0, 0.05) is 17.7 Å². The standard InChI is InChI=1S/C29H27N7/c1-16-14-15-30-29-26(16)31-28(20-8-9-20)36(29)24-13-12-23-21(17(24)2)11-10-19-6-4-5-7-22(19)25(23)18(3)27-32-34-35-33-27/h4-7,12-15,20H,8-11H2,1-3H3,(H,32,33,34,35)/b25-18+. The molecule has 0 saturated heterocycles. The van der Waals surface area contributed by atoms with Crippen LogP contribution in [0.1, 0.15) is 70.7 Å². The zero-order valence-electron chi connectivity index (χ0n) is 20.7. The fourth-order valence-corrected chi connectivity index (χ4v) is 5.73. The SMILES string of the molecule is C/C(=C1/c2ccccc2CCc2c1ccc(-n1c(C3CC3)nc3c(C)ccnc31)c2C)c1nn[nH]n1. The van der Waals surface area contributed by atoms with Crippen LogP contribution in [0, 0.1) is 13.8 Å². The zero-order chi connectivity index (χ0) is 24.4. The molecule has 2 aliphatic rings. The van der Waals surface area contributed by atoms with Crippen LogP contribution in [0.25, 0.3) is 28.0 Å². The summed E-state index contributed by atoms with van der Waals surface area (Å²) in [6.07, 6.45) is 6.23. The van der Waals surface area contributed by atoms with Crippen molar-refractivity contribution in [2.24, 2.45) is 0 Å². The normalized spacial score (nSPS) is 16.5. The molecular weight excluding hydrogens is 446 g/mol. The van der Waals surface area contributed by atoms with Crippen LogP contribution in [0.15, 0.2) is 48.7 Å². The molecule has 0 unspecified atom stereocenters. The summed E-state index contributed by atoms with van der Waals surface area (Å²) < 4.78 is 2.32. The molecule has 3 heterocycles. The maximum Gasteiger partial charge on any atom is 0.201 e. The molecule has 0 radical (unpaired) electrons. The summed E-state index contributed by atoms with van der Waals surface area (Å²) >= 11 is 0. The average Bonchev–Trinajstić information content (AvgIpc) is 3.48. The molecule has 0 amide bonds. The quantitative estimate of drug-likeness (QED) is 0.374. The van der Waals surface area contributed by atoms with Gasteiger partial charge in [-0.15, -0.1) is 10.2 Å². The van der Waals surface area contributed by atoms with Gasteiger partial charge in [-0.05, 0) is 103 Å². The van der Waals surface area contributed by atoms with Crippen molar-refractivity contribution in [2.75, 3.05) is 0 Å². The number of imidazole rings is 1. The van der Waals surface area contributed by atoms with Crippen LogP contribution in [0.2, 0.25) is 0 Å². The molecule has 3 aromatic heterocycles. The fourth-order valence-electron chi connectivity index (χ4n) is 5.73. The predicted octanol–water partition coefficient (Wildman–Crippen LogP) is 5.51. The number of rotatable bonds is 3. The molecule has 7 heteroatoms. The van der Waals surface area contributed by atoms with E-state index in [9.17, 15) is 0 Å². The number of nitrogens with one attached hydrogen (secondary N) is 1. The summed E-state index contributed by atoms with van der Waals surface area (Å²) in [6, 6.07) is 15.3. The molecule has 0 atom stereocenters. The molecule has 36 heavy (non-hydrogen) atoms. The lowest BCUT2D eigenvalue weighted by molar-refractivity contribution is 0.876. The number of hydrogen-bond donors (Lipinski definition) is 1. The van der Waals surface area contributed by atoms with Gasteiger partial charge < -0.3 is 0 Å². The minimum absolute atomic E-state index is 0.511. The Morgan fingerprint density at radius 1 is 1.00 bits per heavy atom. The first-order chi connectivity index (χ1) is 17.6. The third kappa shape index (κ3) is 3.15. The lowest BCUT2D eigenvalue weighted by Crippen LogP contribution is -2.07. The lowest BCUT2D eigenvalue weighted by atomic mass is 9.88. The van der Waals surface area contributed by atoms with E-state index in [0.29, 0.717) is 11.7 Å². The molecule has 1 saturated carbocycles. The van der Waals surface area contributed by atoms with Gasteiger partial charge in [0.15, 0.2) is 5.65 Å². The first-order valence-electron chi connectivity index (χ1n) is 12.6. The number of nitrogens with zero attached hydrogens (tertiary/aromatic N) is 6. The molecule has 0 bridgehead atoms. The monoisotopic (exact) mass is 473 g/mol. The summed E-state index contributed by atoms with van der Waals surface area (Å²) in [4.78, 5) is 9.89. The molecule has 0 spiro atoms. The highest BCUT2D eigenvalue weighted by Gasteiger charge is 2.32. The Hall–Kier alpha value is -4.13. The van der Waals surface area contributed by atoms with Crippen molar-refractivity contribution in [3.63, 3.8) is 0 Å². The van der Waals surface area contributed by atoms with Crippen LogP contribution in [0.4, 0.5) is 0 Å². The number of H-pyrrole nitrogens is 1. The van der Waals surface area contributed by atoms with Crippen molar-refractivity contribution in [3.05, 3.63) is 93.7 Å². The Bertz CT molecular complexity index is 1670. The Kier molecular flexibility index (Phi) is 4.67. The van der Waals surface area contributed by atoms with E-state index in [-0.39, 0.29) is 0 Å². The van der Waals surface area contributed by atoms with Gasteiger partial charge in [-0.25, -0.2) is 9.97 Å². The van der Waals surface area contributed by atoms with E-state index in [1.807, 2.05) is 6.20 Å². The summed E-state index contributed by atoms with van der Waals surface area (Å²) in [6.45, 7) is 6.47. The summed E-state index contributed by atoms with van der Waals surface area (Å²) in [5, 5.41) is 15.0. The lowest BCUT2D eigenvalue weighted by Gasteiger charge is -2.19. The van der Waals surface area contributed by atoms with Gasteiger partial charge in [-0.3, -0.25) is 4.57 Å². The van der Waals surface area contributed by atoms with Crippen molar-refractivity contribution >= 4 is 22.3 Å². The van der Waals surface area contributed by atoms with Crippen molar-refractivity contribution < 1.29 is 0 Å². The number of allylic oxidation sites excluding steroid dienone is 1. The summed E-state index contributed by atoms with van der Waals surface area (Å²) in [7, 11) is 0. The van der Waals surface area contributed by atoms with Crippen molar-refractivity contribution in [1.29, 1.82) is 0 Å². The molecule has 1 fully saturated rings. The Morgan fingerprint density at radius 2 is 1.86 bits per heavy atom. The second kappa shape index (κ2) is 7.95. The number of pyridine rings is 1. The highest BCUT2D eigenvalue weighted by molar-refractivity contribution is 5.99. The molecule has 1 N–H and O–H groups in total. The largest absolute Gasteiger partial charge is 0.280 e. The smallest absolute Gasteiger partial charge is 0.201 e. The number of hydrogen-bond acceptors (Lipinski definition) is 5. The number of benzene rings is 2.